The Kier molecular flexibility index (Phi) is 2.96. The summed E-state index contributed by atoms with van der Waals surface area (Å²) in [5.74, 6) is 0. The van der Waals surface area contributed by atoms with Crippen LogP contribution in [0, 0.1) is 6.92 Å². The van der Waals surface area contributed by atoms with Crippen LogP contribution in [0.25, 0.3) is 0 Å². The number of halogens is 1. The maximum atomic E-state index is 10.1. The van der Waals surface area contributed by atoms with Gasteiger partial charge in [-0.05, 0) is 42.7 Å². The lowest BCUT2D eigenvalue weighted by Gasteiger charge is -2.10. The van der Waals surface area contributed by atoms with Crippen molar-refractivity contribution in [2.24, 2.45) is 0 Å². The Morgan fingerprint density at radius 1 is 1.57 bits per heavy atom. The predicted molar refractivity (Wildman–Crippen MR) is 61.0 cm³/mol. The summed E-state index contributed by atoms with van der Waals surface area (Å²) in [4.78, 5) is 0.900. The van der Waals surface area contributed by atoms with Crippen LogP contribution in [-0.4, -0.2) is 5.11 Å². The average molecular weight is 229 g/mol. The Hall–Kier alpha value is -0.310. The molecule has 1 nitrogen and oxygen atoms in total. The molecule has 0 spiro atoms. The van der Waals surface area contributed by atoms with Crippen molar-refractivity contribution in [1.29, 1.82) is 0 Å². The molecule has 1 aliphatic rings. The van der Waals surface area contributed by atoms with Gasteiger partial charge in [0.15, 0.2) is 0 Å². The van der Waals surface area contributed by atoms with Gasteiger partial charge in [0.1, 0.15) is 6.10 Å². The molecule has 1 heterocycles. The van der Waals surface area contributed by atoms with E-state index in [0.29, 0.717) is 0 Å². The number of allylic oxidation sites excluding steroid dienone is 1. The second kappa shape index (κ2) is 4.05. The standard InChI is InChI=1S/C11H13ClOS/c1-7-6-14-11(9(7)12)10(13)8-4-2-3-5-8/h4,6,10,13H,2-3,5H2,1H3. The lowest BCUT2D eigenvalue weighted by Crippen LogP contribution is -1.97. The summed E-state index contributed by atoms with van der Waals surface area (Å²) in [7, 11) is 0. The molecule has 2 rings (SSSR count). The Bertz CT molecular complexity index is 367. The molecule has 0 radical (unpaired) electrons. The number of rotatable bonds is 2. The largest absolute Gasteiger partial charge is 0.383 e. The maximum absolute atomic E-state index is 10.1. The van der Waals surface area contributed by atoms with Gasteiger partial charge in [0.2, 0.25) is 0 Å². The second-order valence-corrected chi connectivity index (χ2v) is 4.96. The fourth-order valence-electron chi connectivity index (χ4n) is 1.75. The van der Waals surface area contributed by atoms with Crippen molar-refractivity contribution in [2.75, 3.05) is 0 Å². The third kappa shape index (κ3) is 1.74. The van der Waals surface area contributed by atoms with Gasteiger partial charge in [0.25, 0.3) is 0 Å². The van der Waals surface area contributed by atoms with Crippen LogP contribution in [0.4, 0.5) is 0 Å². The fourth-order valence-corrected chi connectivity index (χ4v) is 3.07. The summed E-state index contributed by atoms with van der Waals surface area (Å²) in [5, 5.41) is 12.8. The first-order chi connectivity index (χ1) is 6.70. The van der Waals surface area contributed by atoms with E-state index in [2.05, 4.69) is 6.08 Å². The van der Waals surface area contributed by atoms with E-state index < -0.39 is 6.10 Å². The minimum Gasteiger partial charge on any atom is -0.383 e. The molecule has 0 fully saturated rings. The summed E-state index contributed by atoms with van der Waals surface area (Å²) in [6.07, 6.45) is 4.93. The lowest BCUT2D eigenvalue weighted by atomic mass is 10.1. The molecular formula is C11H13ClOS. The van der Waals surface area contributed by atoms with Gasteiger partial charge in [-0.15, -0.1) is 11.3 Å². The normalized spacial score (nSPS) is 18.4. The summed E-state index contributed by atoms with van der Waals surface area (Å²) in [5.41, 5.74) is 2.19. The first kappa shape index (κ1) is 10.2. The summed E-state index contributed by atoms with van der Waals surface area (Å²) >= 11 is 7.65. The quantitative estimate of drug-likeness (QED) is 0.763. The molecule has 1 unspecified atom stereocenters. The molecule has 1 N–H and O–H groups in total. The Morgan fingerprint density at radius 2 is 2.36 bits per heavy atom. The van der Waals surface area contributed by atoms with E-state index in [1.54, 1.807) is 11.3 Å². The smallest absolute Gasteiger partial charge is 0.111 e. The van der Waals surface area contributed by atoms with E-state index in [0.717, 1.165) is 40.3 Å². The van der Waals surface area contributed by atoms with Crippen molar-refractivity contribution in [2.45, 2.75) is 32.3 Å². The number of aliphatic hydroxyl groups excluding tert-OH is 1. The SMILES string of the molecule is Cc1csc(C(O)C2=CCCC2)c1Cl. The predicted octanol–water partition coefficient (Wildman–Crippen LogP) is 3.85. The number of hydrogen-bond donors (Lipinski definition) is 1. The van der Waals surface area contributed by atoms with Crippen molar-refractivity contribution in [3.8, 4) is 0 Å². The zero-order valence-corrected chi connectivity index (χ0v) is 9.66. The summed E-state index contributed by atoms with van der Waals surface area (Å²) in [6.45, 7) is 1.97. The molecule has 1 atom stereocenters. The van der Waals surface area contributed by atoms with Crippen LogP contribution in [0.3, 0.4) is 0 Å². The van der Waals surface area contributed by atoms with Crippen LogP contribution in [-0.2, 0) is 0 Å². The van der Waals surface area contributed by atoms with Crippen LogP contribution >= 0.6 is 22.9 Å². The number of hydrogen-bond acceptors (Lipinski definition) is 2. The summed E-state index contributed by atoms with van der Waals surface area (Å²) in [6, 6.07) is 0. The molecular weight excluding hydrogens is 216 g/mol. The van der Waals surface area contributed by atoms with Crippen molar-refractivity contribution >= 4 is 22.9 Å². The fraction of sp³-hybridized carbons (Fsp3) is 0.455. The third-order valence-corrected chi connectivity index (χ3v) is 4.37. The molecule has 0 aliphatic heterocycles. The highest BCUT2D eigenvalue weighted by molar-refractivity contribution is 7.10. The molecule has 0 amide bonds. The molecule has 1 aromatic rings. The van der Waals surface area contributed by atoms with Crippen molar-refractivity contribution in [1.82, 2.24) is 0 Å². The zero-order valence-electron chi connectivity index (χ0n) is 8.09. The van der Waals surface area contributed by atoms with Crippen LogP contribution in [0.5, 0.6) is 0 Å². The second-order valence-electron chi connectivity index (χ2n) is 3.67. The molecule has 3 heteroatoms. The molecule has 1 aromatic heterocycles. The van der Waals surface area contributed by atoms with E-state index in [9.17, 15) is 5.11 Å². The van der Waals surface area contributed by atoms with E-state index in [4.69, 9.17) is 11.6 Å². The minimum atomic E-state index is -0.469. The Balaban J connectivity index is 2.26. The van der Waals surface area contributed by atoms with Gasteiger partial charge in [-0.25, -0.2) is 0 Å². The van der Waals surface area contributed by atoms with Crippen LogP contribution in [0.2, 0.25) is 5.02 Å². The van der Waals surface area contributed by atoms with Crippen molar-refractivity contribution in [3.05, 3.63) is 32.5 Å². The van der Waals surface area contributed by atoms with Gasteiger partial charge in [-0.2, -0.15) is 0 Å². The monoisotopic (exact) mass is 228 g/mol. The van der Waals surface area contributed by atoms with Crippen LogP contribution in [0.15, 0.2) is 17.0 Å². The summed E-state index contributed by atoms with van der Waals surface area (Å²) < 4.78 is 0. The lowest BCUT2D eigenvalue weighted by molar-refractivity contribution is 0.216. The molecule has 14 heavy (non-hydrogen) atoms. The number of thiophene rings is 1. The number of aliphatic hydroxyl groups is 1. The van der Waals surface area contributed by atoms with Gasteiger partial charge < -0.3 is 5.11 Å². The van der Waals surface area contributed by atoms with Crippen molar-refractivity contribution in [3.63, 3.8) is 0 Å². The first-order valence-corrected chi connectivity index (χ1v) is 6.06. The van der Waals surface area contributed by atoms with Gasteiger partial charge >= 0.3 is 0 Å². The van der Waals surface area contributed by atoms with Gasteiger partial charge in [-0.3, -0.25) is 0 Å². The van der Waals surface area contributed by atoms with Crippen LogP contribution < -0.4 is 0 Å². The van der Waals surface area contributed by atoms with Crippen LogP contribution in [0.1, 0.15) is 35.8 Å². The van der Waals surface area contributed by atoms with E-state index in [1.807, 2.05) is 12.3 Å². The van der Waals surface area contributed by atoms with E-state index in [1.165, 1.54) is 0 Å². The van der Waals surface area contributed by atoms with Gasteiger partial charge in [0, 0.05) is 0 Å². The van der Waals surface area contributed by atoms with E-state index >= 15 is 0 Å². The van der Waals surface area contributed by atoms with Crippen molar-refractivity contribution < 1.29 is 5.11 Å². The zero-order chi connectivity index (χ0) is 10.1. The maximum Gasteiger partial charge on any atom is 0.111 e. The number of aryl methyl sites for hydroxylation is 1. The topological polar surface area (TPSA) is 20.2 Å². The van der Waals surface area contributed by atoms with E-state index in [-0.39, 0.29) is 0 Å². The highest BCUT2D eigenvalue weighted by atomic mass is 35.5. The molecule has 0 saturated carbocycles. The highest BCUT2D eigenvalue weighted by Crippen LogP contribution is 2.38. The molecule has 0 bridgehead atoms. The molecule has 0 saturated heterocycles. The molecule has 1 aliphatic carbocycles. The molecule has 76 valence electrons. The Labute approximate surface area is 93.0 Å². The third-order valence-electron chi connectivity index (χ3n) is 2.60. The van der Waals surface area contributed by atoms with Gasteiger partial charge in [0.05, 0.1) is 9.90 Å². The highest BCUT2D eigenvalue weighted by Gasteiger charge is 2.20. The van der Waals surface area contributed by atoms with Gasteiger partial charge in [-0.1, -0.05) is 17.7 Å². The average Bonchev–Trinajstić information content (AvgIpc) is 2.77. The minimum absolute atomic E-state index is 0.469. The Morgan fingerprint density at radius 3 is 2.86 bits per heavy atom. The molecule has 0 aromatic carbocycles. The first-order valence-electron chi connectivity index (χ1n) is 4.80.